The Balaban J connectivity index is 1.67. The average molecular weight is 299 g/mol. The maximum absolute atomic E-state index is 12.3. The molecule has 21 heavy (non-hydrogen) atoms. The van der Waals surface area contributed by atoms with Crippen LogP contribution in [0.3, 0.4) is 0 Å². The van der Waals surface area contributed by atoms with Crippen LogP contribution in [-0.2, 0) is 19.1 Å². The van der Waals surface area contributed by atoms with Crippen LogP contribution in [-0.4, -0.2) is 61.4 Å². The number of aliphatic carboxylic acids is 1. The van der Waals surface area contributed by atoms with Gasteiger partial charge in [0.15, 0.2) is 0 Å². The zero-order valence-corrected chi connectivity index (χ0v) is 12.6. The van der Waals surface area contributed by atoms with Gasteiger partial charge in [0.25, 0.3) is 0 Å². The van der Waals surface area contributed by atoms with Gasteiger partial charge in [0.2, 0.25) is 5.91 Å². The van der Waals surface area contributed by atoms with Crippen molar-refractivity contribution in [3.05, 3.63) is 0 Å². The third-order valence-electron chi connectivity index (χ3n) is 4.38. The van der Waals surface area contributed by atoms with Crippen molar-refractivity contribution < 1.29 is 24.2 Å². The molecule has 2 atom stereocenters. The van der Waals surface area contributed by atoms with Crippen molar-refractivity contribution >= 4 is 11.9 Å². The monoisotopic (exact) mass is 299 g/mol. The summed E-state index contributed by atoms with van der Waals surface area (Å²) < 4.78 is 10.6. The smallest absolute Gasteiger partial charge is 0.306 e. The molecule has 2 fully saturated rings. The molecular weight excluding hydrogens is 274 g/mol. The van der Waals surface area contributed by atoms with Gasteiger partial charge in [-0.1, -0.05) is 6.42 Å². The molecule has 6 heteroatoms. The van der Waals surface area contributed by atoms with Gasteiger partial charge in [-0.3, -0.25) is 9.59 Å². The Kier molecular flexibility index (Phi) is 5.99. The summed E-state index contributed by atoms with van der Waals surface area (Å²) in [5.74, 6) is -1.13. The highest BCUT2D eigenvalue weighted by Crippen LogP contribution is 2.31. The van der Waals surface area contributed by atoms with Crippen LogP contribution < -0.4 is 0 Å². The minimum absolute atomic E-state index is 0.109. The summed E-state index contributed by atoms with van der Waals surface area (Å²) in [7, 11) is 1.66. The lowest BCUT2D eigenvalue weighted by Gasteiger charge is -2.41. The number of hydrogen-bond donors (Lipinski definition) is 1. The van der Waals surface area contributed by atoms with Gasteiger partial charge in [-0.05, 0) is 25.7 Å². The van der Waals surface area contributed by atoms with Gasteiger partial charge in [-0.25, -0.2) is 0 Å². The lowest BCUT2D eigenvalue weighted by molar-refractivity contribution is -0.153. The number of carbonyl (C=O) groups is 2. The number of amides is 1. The van der Waals surface area contributed by atoms with Gasteiger partial charge >= 0.3 is 5.97 Å². The molecule has 1 saturated heterocycles. The van der Waals surface area contributed by atoms with Crippen LogP contribution in [0.15, 0.2) is 0 Å². The molecule has 2 unspecified atom stereocenters. The summed E-state index contributed by atoms with van der Waals surface area (Å²) in [5.41, 5.74) is 0. The predicted octanol–water partition coefficient (Wildman–Crippen LogP) is 1.14. The van der Waals surface area contributed by atoms with E-state index in [1.54, 1.807) is 12.0 Å². The van der Waals surface area contributed by atoms with Crippen molar-refractivity contribution in [2.75, 3.05) is 33.4 Å². The van der Waals surface area contributed by atoms with Crippen LogP contribution in [0.2, 0.25) is 0 Å². The number of methoxy groups -OCH3 is 1. The van der Waals surface area contributed by atoms with Gasteiger partial charge < -0.3 is 19.5 Å². The van der Waals surface area contributed by atoms with Gasteiger partial charge in [0, 0.05) is 39.3 Å². The summed E-state index contributed by atoms with van der Waals surface area (Å²) in [4.78, 5) is 25.2. The Morgan fingerprint density at radius 3 is 2.57 bits per heavy atom. The quantitative estimate of drug-likeness (QED) is 0.713. The standard InChI is InChI=1S/C15H25NO5/c1-20-6-3-7-21-13-9-16(10-13)14(17)11-4-2-5-12(8-11)15(18)19/h11-13H,2-10H2,1H3,(H,18,19). The second-order valence-corrected chi connectivity index (χ2v) is 5.98. The van der Waals surface area contributed by atoms with E-state index in [1.807, 2.05) is 0 Å². The molecule has 120 valence electrons. The minimum Gasteiger partial charge on any atom is -0.481 e. The first-order chi connectivity index (χ1) is 10.1. The number of carbonyl (C=O) groups excluding carboxylic acids is 1. The highest BCUT2D eigenvalue weighted by Gasteiger charge is 2.38. The topological polar surface area (TPSA) is 76.1 Å². The predicted molar refractivity (Wildman–Crippen MR) is 75.9 cm³/mol. The van der Waals surface area contributed by atoms with Crippen molar-refractivity contribution in [2.45, 2.75) is 38.2 Å². The molecule has 6 nitrogen and oxygen atoms in total. The molecule has 1 heterocycles. The van der Waals surface area contributed by atoms with Crippen molar-refractivity contribution in [1.29, 1.82) is 0 Å². The van der Waals surface area contributed by atoms with E-state index in [-0.39, 0.29) is 23.8 Å². The molecule has 1 saturated carbocycles. The van der Waals surface area contributed by atoms with Gasteiger partial charge in [-0.2, -0.15) is 0 Å². The first-order valence-corrected chi connectivity index (χ1v) is 7.74. The highest BCUT2D eigenvalue weighted by atomic mass is 16.5. The molecule has 0 bridgehead atoms. The Morgan fingerprint density at radius 2 is 1.90 bits per heavy atom. The van der Waals surface area contributed by atoms with Crippen molar-refractivity contribution in [3.8, 4) is 0 Å². The van der Waals surface area contributed by atoms with E-state index in [0.29, 0.717) is 39.1 Å². The molecule has 0 aromatic rings. The first-order valence-electron chi connectivity index (χ1n) is 7.74. The SMILES string of the molecule is COCCCOC1CN(C(=O)C2CCCC(C(=O)O)C2)C1. The van der Waals surface area contributed by atoms with E-state index in [4.69, 9.17) is 14.6 Å². The molecule has 0 radical (unpaired) electrons. The maximum atomic E-state index is 12.3. The fourth-order valence-electron chi connectivity index (χ4n) is 3.07. The van der Waals surface area contributed by atoms with Crippen molar-refractivity contribution in [1.82, 2.24) is 4.90 Å². The molecule has 1 aliphatic carbocycles. The van der Waals surface area contributed by atoms with Crippen LogP contribution in [0, 0.1) is 11.8 Å². The average Bonchev–Trinajstić information content (AvgIpc) is 2.44. The third-order valence-corrected chi connectivity index (χ3v) is 4.38. The van der Waals surface area contributed by atoms with E-state index in [2.05, 4.69) is 0 Å². The molecular formula is C15H25NO5. The molecule has 2 rings (SSSR count). The number of carboxylic acid groups (broad SMARTS) is 1. The first kappa shape index (κ1) is 16.2. The summed E-state index contributed by atoms with van der Waals surface area (Å²) in [6, 6.07) is 0. The minimum atomic E-state index is -0.768. The molecule has 2 aliphatic rings. The molecule has 1 aliphatic heterocycles. The Bertz CT molecular complexity index is 367. The van der Waals surface area contributed by atoms with Gasteiger partial charge in [0.05, 0.1) is 12.0 Å². The van der Waals surface area contributed by atoms with Crippen LogP contribution in [0.1, 0.15) is 32.1 Å². The van der Waals surface area contributed by atoms with E-state index in [0.717, 1.165) is 19.3 Å². The summed E-state index contributed by atoms with van der Waals surface area (Å²) >= 11 is 0. The molecule has 0 spiro atoms. The summed E-state index contributed by atoms with van der Waals surface area (Å²) in [6.45, 7) is 2.62. The second-order valence-electron chi connectivity index (χ2n) is 5.98. The molecule has 1 amide bonds. The summed E-state index contributed by atoms with van der Waals surface area (Å²) in [6.07, 6.45) is 3.83. The van der Waals surface area contributed by atoms with E-state index < -0.39 is 5.97 Å². The van der Waals surface area contributed by atoms with Crippen LogP contribution in [0.5, 0.6) is 0 Å². The zero-order chi connectivity index (χ0) is 15.2. The zero-order valence-electron chi connectivity index (χ0n) is 12.6. The van der Waals surface area contributed by atoms with Crippen LogP contribution >= 0.6 is 0 Å². The number of rotatable bonds is 7. The van der Waals surface area contributed by atoms with Gasteiger partial charge in [0.1, 0.15) is 0 Å². The highest BCUT2D eigenvalue weighted by molar-refractivity contribution is 5.81. The largest absolute Gasteiger partial charge is 0.481 e. The Labute approximate surface area is 125 Å². The van der Waals surface area contributed by atoms with Crippen molar-refractivity contribution in [2.24, 2.45) is 11.8 Å². The lowest BCUT2D eigenvalue weighted by atomic mass is 9.80. The van der Waals surface area contributed by atoms with Crippen LogP contribution in [0.25, 0.3) is 0 Å². The van der Waals surface area contributed by atoms with E-state index in [1.165, 1.54) is 0 Å². The third kappa shape index (κ3) is 4.41. The lowest BCUT2D eigenvalue weighted by Crippen LogP contribution is -2.56. The number of likely N-dealkylation sites (tertiary alicyclic amines) is 1. The number of ether oxygens (including phenoxy) is 2. The van der Waals surface area contributed by atoms with E-state index >= 15 is 0 Å². The number of hydrogen-bond acceptors (Lipinski definition) is 4. The summed E-state index contributed by atoms with van der Waals surface area (Å²) in [5, 5.41) is 9.08. The van der Waals surface area contributed by atoms with E-state index in [9.17, 15) is 9.59 Å². The Morgan fingerprint density at radius 1 is 1.19 bits per heavy atom. The molecule has 0 aromatic carbocycles. The number of carboxylic acids is 1. The number of nitrogens with zero attached hydrogens (tertiary/aromatic N) is 1. The van der Waals surface area contributed by atoms with Crippen LogP contribution in [0.4, 0.5) is 0 Å². The maximum Gasteiger partial charge on any atom is 0.306 e. The normalized spacial score (nSPS) is 26.4. The van der Waals surface area contributed by atoms with Gasteiger partial charge in [-0.15, -0.1) is 0 Å². The van der Waals surface area contributed by atoms with Crippen molar-refractivity contribution in [3.63, 3.8) is 0 Å². The Hall–Kier alpha value is -1.14. The fourth-order valence-corrected chi connectivity index (χ4v) is 3.07. The second kappa shape index (κ2) is 7.75. The molecule has 1 N–H and O–H groups in total. The molecule has 0 aromatic heterocycles. The fraction of sp³-hybridized carbons (Fsp3) is 0.867.